The third kappa shape index (κ3) is 10.3. The first kappa shape index (κ1) is 36.7. The Morgan fingerprint density at radius 2 is 1.27 bits per heavy atom. The quantitative estimate of drug-likeness (QED) is 0.136. The molecule has 0 bridgehead atoms. The highest BCUT2D eigenvalue weighted by molar-refractivity contribution is 9.10. The Morgan fingerprint density at radius 1 is 0.745 bits per heavy atom. The number of aromatic nitrogens is 2. The molecule has 2 saturated carbocycles. The molecule has 1 unspecified atom stereocenters. The Labute approximate surface area is 307 Å². The van der Waals surface area contributed by atoms with E-state index in [1.807, 2.05) is 60.7 Å². The van der Waals surface area contributed by atoms with Gasteiger partial charge < -0.3 is 20.1 Å². The topological polar surface area (TPSA) is 141 Å². The van der Waals surface area contributed by atoms with Gasteiger partial charge in [-0.1, -0.05) is 102 Å². The van der Waals surface area contributed by atoms with Crippen molar-refractivity contribution in [2.75, 3.05) is 4.72 Å². The number of ether oxygens (including phenoxy) is 2. The van der Waals surface area contributed by atoms with Gasteiger partial charge in [0.1, 0.15) is 12.2 Å². The summed E-state index contributed by atoms with van der Waals surface area (Å²) in [5.41, 5.74) is 2.17. The lowest BCUT2D eigenvalue weighted by Gasteiger charge is -2.32. The number of carbonyl (C=O) groups is 2. The average molecular weight is 779 g/mol. The fraction of sp³-hybridized carbons (Fsp3) is 0.395. The molecule has 0 radical (unpaired) electrons. The first-order valence-corrected chi connectivity index (χ1v) is 19.8. The third-order valence-corrected chi connectivity index (χ3v) is 11.2. The van der Waals surface area contributed by atoms with Gasteiger partial charge in [-0.05, 0) is 61.1 Å². The van der Waals surface area contributed by atoms with E-state index >= 15 is 0 Å². The normalized spacial score (nSPS) is 20.7. The molecule has 0 saturated heterocycles. The molecular weight excluding hydrogens is 734 g/mol. The molecular formula is C38H44BrN5O6S. The fourth-order valence-electron chi connectivity index (χ4n) is 6.69. The molecule has 4 aromatic rings. The van der Waals surface area contributed by atoms with Crippen LogP contribution in [0.2, 0.25) is 0 Å². The van der Waals surface area contributed by atoms with Crippen molar-refractivity contribution in [3.8, 4) is 0 Å². The van der Waals surface area contributed by atoms with Gasteiger partial charge >= 0.3 is 0 Å². The summed E-state index contributed by atoms with van der Waals surface area (Å²) in [7, 11) is -4.03. The fourth-order valence-corrected chi connectivity index (χ4v) is 7.94. The molecule has 3 N–H and O–H groups in total. The average Bonchev–Trinajstić information content (AvgIpc) is 3.52. The second kappa shape index (κ2) is 17.5. The summed E-state index contributed by atoms with van der Waals surface area (Å²) in [5, 5.41) is 10.6. The summed E-state index contributed by atoms with van der Waals surface area (Å²) >= 11 is 3.33. The van der Waals surface area contributed by atoms with Crippen molar-refractivity contribution in [2.24, 2.45) is 0 Å². The number of nitrogens with zero attached hydrogens (tertiary/aromatic N) is 2. The monoisotopic (exact) mass is 777 g/mol. The van der Waals surface area contributed by atoms with Crippen molar-refractivity contribution >= 4 is 43.6 Å². The van der Waals surface area contributed by atoms with Crippen LogP contribution in [0.4, 0.5) is 5.82 Å². The first-order valence-electron chi connectivity index (χ1n) is 17.5. The van der Waals surface area contributed by atoms with Gasteiger partial charge in [-0.3, -0.25) is 14.3 Å². The van der Waals surface area contributed by atoms with Crippen LogP contribution in [0.5, 0.6) is 0 Å². The van der Waals surface area contributed by atoms with E-state index in [9.17, 15) is 18.0 Å². The Bertz CT molecular complexity index is 1860. The van der Waals surface area contributed by atoms with E-state index in [0.29, 0.717) is 13.2 Å². The summed E-state index contributed by atoms with van der Waals surface area (Å²) in [6, 6.07) is 26.9. The van der Waals surface area contributed by atoms with Crippen LogP contribution in [0, 0.1) is 0 Å². The molecule has 1 aromatic heterocycles. The van der Waals surface area contributed by atoms with E-state index in [4.69, 9.17) is 9.47 Å². The second-order valence-corrected chi connectivity index (χ2v) is 15.7. The summed E-state index contributed by atoms with van der Waals surface area (Å²) in [6.07, 6.45) is 6.66. The number of sulfonamides is 1. The van der Waals surface area contributed by atoms with E-state index < -0.39 is 15.9 Å². The Morgan fingerprint density at radius 3 is 1.84 bits per heavy atom. The van der Waals surface area contributed by atoms with Crippen LogP contribution in [0.3, 0.4) is 0 Å². The molecule has 2 aliphatic rings. The zero-order chi connectivity index (χ0) is 35.6. The molecule has 2 amide bonds. The Kier molecular flexibility index (Phi) is 12.6. The molecule has 13 heteroatoms. The van der Waals surface area contributed by atoms with Gasteiger partial charge in [-0.25, -0.2) is 13.1 Å². The van der Waals surface area contributed by atoms with Crippen LogP contribution in [0.25, 0.3) is 0 Å². The Balaban J connectivity index is 1.18. The van der Waals surface area contributed by atoms with Gasteiger partial charge in [-0.15, -0.1) is 0 Å². The van der Waals surface area contributed by atoms with Gasteiger partial charge in [0.15, 0.2) is 5.82 Å². The molecule has 6 rings (SSSR count). The van der Waals surface area contributed by atoms with E-state index in [2.05, 4.69) is 36.4 Å². The summed E-state index contributed by atoms with van der Waals surface area (Å²) in [5.74, 6) is -0.888. The zero-order valence-electron chi connectivity index (χ0n) is 28.4. The molecule has 1 heterocycles. The largest absolute Gasteiger partial charge is 0.371 e. The lowest BCUT2D eigenvalue weighted by atomic mass is 9.92. The maximum atomic E-state index is 13.9. The number of benzene rings is 3. The molecule has 11 nitrogen and oxygen atoms in total. The van der Waals surface area contributed by atoms with Gasteiger partial charge in [-0.2, -0.15) is 5.10 Å². The molecule has 270 valence electrons. The molecule has 3 aromatic carbocycles. The minimum Gasteiger partial charge on any atom is -0.371 e. The van der Waals surface area contributed by atoms with E-state index in [1.54, 1.807) is 12.1 Å². The zero-order valence-corrected chi connectivity index (χ0v) is 30.8. The minimum absolute atomic E-state index is 0.0310. The van der Waals surface area contributed by atoms with E-state index in [1.165, 1.54) is 22.9 Å². The van der Waals surface area contributed by atoms with Crippen molar-refractivity contribution in [3.63, 3.8) is 0 Å². The highest BCUT2D eigenvalue weighted by atomic mass is 79.9. The van der Waals surface area contributed by atoms with Crippen LogP contribution >= 0.6 is 15.9 Å². The lowest BCUT2D eigenvalue weighted by Crippen LogP contribution is -2.48. The predicted octanol–water partition coefficient (Wildman–Crippen LogP) is 6.35. The third-order valence-electron chi connectivity index (χ3n) is 9.35. The highest BCUT2D eigenvalue weighted by Gasteiger charge is 2.31. The van der Waals surface area contributed by atoms with Crippen molar-refractivity contribution in [3.05, 3.63) is 112 Å². The van der Waals surface area contributed by atoms with Gasteiger partial charge in [0.2, 0.25) is 5.91 Å². The number of rotatable bonds is 14. The maximum absolute atomic E-state index is 13.9. The number of carbonyl (C=O) groups excluding carboxylic acids is 2. The van der Waals surface area contributed by atoms with Crippen LogP contribution in [-0.4, -0.2) is 54.3 Å². The Hall–Kier alpha value is -4.04. The summed E-state index contributed by atoms with van der Waals surface area (Å²) in [6.45, 7) is 0.582. The molecule has 4 atom stereocenters. The van der Waals surface area contributed by atoms with Crippen LogP contribution in [0.1, 0.15) is 73.0 Å². The van der Waals surface area contributed by atoms with Crippen LogP contribution in [-0.2, 0) is 44.1 Å². The van der Waals surface area contributed by atoms with Crippen molar-refractivity contribution in [2.45, 2.75) is 100 Å². The summed E-state index contributed by atoms with van der Waals surface area (Å²) < 4.78 is 43.5. The number of nitrogens with one attached hydrogen (secondary N) is 3. The van der Waals surface area contributed by atoms with E-state index in [0.717, 1.165) is 67.0 Å². The first-order chi connectivity index (χ1) is 24.7. The molecule has 2 aliphatic carbocycles. The maximum Gasteiger partial charge on any atom is 0.269 e. The van der Waals surface area contributed by atoms with Crippen molar-refractivity contribution < 1.29 is 27.5 Å². The van der Waals surface area contributed by atoms with E-state index in [-0.39, 0.29) is 53.2 Å². The predicted molar refractivity (Wildman–Crippen MR) is 197 cm³/mol. The number of hydrogen-bond donors (Lipinski definition) is 3. The second-order valence-electron chi connectivity index (χ2n) is 13.1. The number of halogens is 1. The number of hydrogen-bond acceptors (Lipinski definition) is 7. The molecule has 2 fully saturated rings. The molecule has 0 aliphatic heterocycles. The number of anilines is 1. The van der Waals surface area contributed by atoms with Gasteiger partial charge in [0.05, 0.1) is 42.4 Å². The van der Waals surface area contributed by atoms with Crippen LogP contribution in [0.15, 0.2) is 100 Å². The molecule has 51 heavy (non-hydrogen) atoms. The number of amides is 2. The highest BCUT2D eigenvalue weighted by Crippen LogP contribution is 2.25. The van der Waals surface area contributed by atoms with Gasteiger partial charge in [0.25, 0.3) is 15.9 Å². The standard InChI is InChI=1S/C38H44BrN5O6S/c39-29-19-21-30(22-20-29)51(47,48)43-36-23-33(38(46)41-32-16-8-10-18-35(32)50-26-28-13-5-2-6-14-28)44(42-36)24-37(45)40-31-15-7-9-17-34(31)49-25-27-11-3-1-4-12-27/h1-6,11-14,19-23,31-32,34-35H,7-10,15-18,24-26H2,(H,40,45)(H,41,46)(H,42,43)/t31-,32-,34?,35-/m0/s1. The smallest absolute Gasteiger partial charge is 0.269 e. The lowest BCUT2D eigenvalue weighted by molar-refractivity contribution is -0.124. The minimum atomic E-state index is -4.03. The SMILES string of the molecule is O=C(Cn1nc(NS(=O)(=O)c2ccc(Br)cc2)cc1C(=O)N[C@H]1CCCC[C@@H]1OCc1ccccc1)N[C@H]1CCCCC1OCc1ccccc1. The van der Waals surface area contributed by atoms with Crippen molar-refractivity contribution in [1.82, 2.24) is 20.4 Å². The molecule has 0 spiro atoms. The van der Waals surface area contributed by atoms with Crippen LogP contribution < -0.4 is 15.4 Å². The van der Waals surface area contributed by atoms with Crippen molar-refractivity contribution in [1.29, 1.82) is 0 Å². The van der Waals surface area contributed by atoms with Gasteiger partial charge in [0, 0.05) is 10.5 Å². The summed E-state index contributed by atoms with van der Waals surface area (Å²) in [4.78, 5) is 27.5.